The van der Waals surface area contributed by atoms with E-state index in [1.54, 1.807) is 0 Å². The summed E-state index contributed by atoms with van der Waals surface area (Å²) in [5, 5.41) is 51.1. The van der Waals surface area contributed by atoms with E-state index in [4.69, 9.17) is 23.3 Å². The Bertz CT molecular complexity index is 1590. The summed E-state index contributed by atoms with van der Waals surface area (Å²) in [5.74, 6) is -3.33. The minimum absolute atomic E-state index is 0.0737. The van der Waals surface area contributed by atoms with E-state index in [-0.39, 0.29) is 12.5 Å². The number of aliphatic carboxylic acids is 1. The van der Waals surface area contributed by atoms with Crippen LogP contribution in [0.2, 0.25) is 0 Å². The zero-order valence-electron chi connectivity index (χ0n) is 37.8. The standard InChI is InChI=1S/C43H74N3O15P/c1-25(2)14-10-15-26(3)16-11-17-27(4)18-12-19-28(5)20-13-21-29(6)22-23-57-62(55,56)61-43-36(46-32(9)50)39(37(51)33(24-47)58-43)59-42-35(45-31(8)49)34(44-30(7)48)38(52)40(60-42)41(53)54/h16,18,20,25,29,33-40,42-43,47,51-52H,10-15,17,19,21-24H2,1-9H3,(H,44,48)(H,45,49)(H,46,50)(H,53,54)(H,55,56)/p-2/b26-16+,27-18+,28-20-/t29?,33-,34-,35-,36-,37-,38+,39-,40+,42-,43-/m1/s1. The van der Waals surface area contributed by atoms with Gasteiger partial charge in [0, 0.05) is 20.8 Å². The van der Waals surface area contributed by atoms with E-state index >= 15 is 0 Å². The molecule has 0 saturated carbocycles. The number of carbonyl (C=O) groups excluding carboxylic acids is 4. The quantitative estimate of drug-likeness (QED) is 0.0537. The van der Waals surface area contributed by atoms with Gasteiger partial charge in [0.2, 0.25) is 17.7 Å². The van der Waals surface area contributed by atoms with E-state index in [9.17, 15) is 49.1 Å². The average Bonchev–Trinajstić information content (AvgIpc) is 3.15. The lowest BCUT2D eigenvalue weighted by Gasteiger charge is -2.49. The number of ether oxygens (including phenoxy) is 3. The molecule has 2 rings (SSSR count). The number of allylic oxidation sites excluding steroid dienone is 6. The highest BCUT2D eigenvalue weighted by atomic mass is 31.2. The first-order chi connectivity index (χ1) is 29.0. The Kier molecular flexibility index (Phi) is 24.3. The lowest BCUT2D eigenvalue weighted by molar-refractivity contribution is -0.348. The fraction of sp³-hybridized carbons (Fsp3) is 0.767. The second kappa shape index (κ2) is 27.3. The third-order valence-electron chi connectivity index (χ3n) is 10.8. The van der Waals surface area contributed by atoms with Crippen LogP contribution in [0.4, 0.5) is 0 Å². The number of aliphatic hydroxyl groups excluding tert-OH is 3. The van der Waals surface area contributed by atoms with Gasteiger partial charge in [-0.15, -0.1) is 0 Å². The summed E-state index contributed by atoms with van der Waals surface area (Å²) in [6.45, 7) is 15.0. The number of carboxylic acids is 1. The maximum Gasteiger partial charge on any atom is 0.270 e. The first kappa shape index (κ1) is 55.1. The topological polar surface area (TPSA) is 274 Å². The normalized spacial score (nSPS) is 28.8. The van der Waals surface area contributed by atoms with E-state index in [0.717, 1.165) is 65.2 Å². The van der Waals surface area contributed by atoms with E-state index in [0.29, 0.717) is 6.42 Å². The molecule has 0 radical (unpaired) electrons. The van der Waals surface area contributed by atoms with Gasteiger partial charge in [0.05, 0.1) is 25.2 Å². The molecule has 2 unspecified atom stereocenters. The summed E-state index contributed by atoms with van der Waals surface area (Å²) in [6.07, 6.45) is 3.25. The van der Waals surface area contributed by atoms with Gasteiger partial charge in [0.15, 0.2) is 12.6 Å². The maximum atomic E-state index is 13.2. The Morgan fingerprint density at radius 3 is 1.79 bits per heavy atom. The van der Waals surface area contributed by atoms with Crippen molar-refractivity contribution in [3.8, 4) is 0 Å². The maximum absolute atomic E-state index is 13.2. The summed E-state index contributed by atoms with van der Waals surface area (Å²) in [5.41, 5.74) is 4.12. The number of carboxylic acid groups (broad SMARTS) is 1. The fourth-order valence-electron chi connectivity index (χ4n) is 7.33. The van der Waals surface area contributed by atoms with Crippen molar-refractivity contribution in [3.05, 3.63) is 34.9 Å². The number of carbonyl (C=O) groups is 4. The van der Waals surface area contributed by atoms with E-state index in [1.807, 2.05) is 6.92 Å². The van der Waals surface area contributed by atoms with Crippen LogP contribution in [0.3, 0.4) is 0 Å². The number of rotatable bonds is 26. The highest BCUT2D eigenvalue weighted by Crippen LogP contribution is 2.43. The smallest absolute Gasteiger partial charge is 0.270 e. The van der Waals surface area contributed by atoms with Gasteiger partial charge in [-0.05, 0) is 90.4 Å². The molecule has 0 aromatic heterocycles. The van der Waals surface area contributed by atoms with Crippen LogP contribution in [-0.2, 0) is 47.0 Å². The number of phosphoric ester groups is 1. The summed E-state index contributed by atoms with van der Waals surface area (Å²) in [7, 11) is -5.22. The molecule has 0 aliphatic carbocycles. The lowest BCUT2D eigenvalue weighted by Crippen LogP contribution is -2.73. The fourth-order valence-corrected chi connectivity index (χ4v) is 8.15. The number of phosphoric acid groups is 1. The van der Waals surface area contributed by atoms with E-state index < -0.39 is 99.3 Å². The van der Waals surface area contributed by atoms with Crippen molar-refractivity contribution in [2.75, 3.05) is 13.2 Å². The molecule has 2 heterocycles. The lowest BCUT2D eigenvalue weighted by atomic mass is 9.92. The minimum atomic E-state index is -5.22. The number of hydrogen-bond acceptors (Lipinski definition) is 15. The molecule has 0 bridgehead atoms. The molecule has 0 aromatic rings. The van der Waals surface area contributed by atoms with Gasteiger partial charge >= 0.3 is 0 Å². The van der Waals surface area contributed by atoms with Gasteiger partial charge in [0.25, 0.3) is 7.82 Å². The predicted molar refractivity (Wildman–Crippen MR) is 225 cm³/mol. The SMILES string of the molecule is CC(=O)N[C@H]1[C@H](O[C@H]2[C@H](O)[C@@H](CO)O[C@H](OP(=O)([O-])OCCC(C)CC/C=C(/C)CC/C=C(\C)CC/C=C(\C)CCCC(C)C)[C@@H]2NC(C)=O)O[C@H](C(=O)[O-])[C@@H](O)[C@@H]1NC(C)=O. The van der Waals surface area contributed by atoms with Crippen molar-refractivity contribution < 1.29 is 72.3 Å². The highest BCUT2D eigenvalue weighted by molar-refractivity contribution is 7.45. The Hall–Kier alpha value is -3.03. The van der Waals surface area contributed by atoms with Crippen LogP contribution < -0.4 is 26.0 Å². The Balaban J connectivity index is 2.04. The molecule has 19 heteroatoms. The number of aliphatic hydroxyl groups is 3. The molecule has 12 atom stereocenters. The zero-order valence-corrected chi connectivity index (χ0v) is 38.7. The second-order valence-electron chi connectivity index (χ2n) is 17.1. The van der Waals surface area contributed by atoms with Gasteiger partial charge in [-0.25, -0.2) is 0 Å². The van der Waals surface area contributed by atoms with Gasteiger partial charge in [-0.2, -0.15) is 0 Å². The van der Waals surface area contributed by atoms with Gasteiger partial charge < -0.3 is 64.8 Å². The van der Waals surface area contributed by atoms with Crippen molar-refractivity contribution in [2.24, 2.45) is 11.8 Å². The summed E-state index contributed by atoms with van der Waals surface area (Å²) < 4.78 is 40.5. The molecule has 3 amide bonds. The molecular formula is C43H72N3O15P-2. The third-order valence-corrected chi connectivity index (χ3v) is 11.8. The molecular weight excluding hydrogens is 829 g/mol. The highest BCUT2D eigenvalue weighted by Gasteiger charge is 2.53. The number of amides is 3. The Morgan fingerprint density at radius 1 is 0.726 bits per heavy atom. The van der Waals surface area contributed by atoms with Crippen LogP contribution in [0.25, 0.3) is 0 Å². The van der Waals surface area contributed by atoms with Crippen LogP contribution in [0.15, 0.2) is 34.9 Å². The molecule has 0 spiro atoms. The largest absolute Gasteiger partial charge is 0.756 e. The number of nitrogens with one attached hydrogen (secondary N) is 3. The van der Waals surface area contributed by atoms with Gasteiger partial charge in [0.1, 0.15) is 42.6 Å². The first-order valence-corrected chi connectivity index (χ1v) is 23.1. The minimum Gasteiger partial charge on any atom is -0.756 e. The summed E-state index contributed by atoms with van der Waals surface area (Å²) >= 11 is 0. The average molecular weight is 902 g/mol. The van der Waals surface area contributed by atoms with Gasteiger partial charge in [-0.1, -0.05) is 62.1 Å². The van der Waals surface area contributed by atoms with Crippen molar-refractivity contribution >= 4 is 31.5 Å². The molecule has 2 aliphatic heterocycles. The van der Waals surface area contributed by atoms with Crippen molar-refractivity contribution in [1.82, 2.24) is 16.0 Å². The first-order valence-electron chi connectivity index (χ1n) is 21.6. The van der Waals surface area contributed by atoms with E-state index in [1.165, 1.54) is 36.0 Å². The van der Waals surface area contributed by atoms with Crippen LogP contribution >= 0.6 is 7.82 Å². The van der Waals surface area contributed by atoms with Crippen molar-refractivity contribution in [2.45, 2.75) is 188 Å². The van der Waals surface area contributed by atoms with Crippen LogP contribution in [0.5, 0.6) is 0 Å². The van der Waals surface area contributed by atoms with Crippen molar-refractivity contribution in [3.63, 3.8) is 0 Å². The van der Waals surface area contributed by atoms with Crippen LogP contribution in [-0.4, -0.2) is 113 Å². The summed E-state index contributed by atoms with van der Waals surface area (Å²) in [4.78, 5) is 61.7. The van der Waals surface area contributed by atoms with Gasteiger partial charge in [-0.3, -0.25) is 23.5 Å². The van der Waals surface area contributed by atoms with Crippen LogP contribution in [0.1, 0.15) is 127 Å². The van der Waals surface area contributed by atoms with E-state index in [2.05, 4.69) is 68.8 Å². The molecule has 356 valence electrons. The Labute approximate surface area is 366 Å². The Morgan fingerprint density at radius 2 is 1.26 bits per heavy atom. The van der Waals surface area contributed by atoms with Crippen LogP contribution in [0, 0.1) is 11.8 Å². The molecule has 2 aliphatic rings. The molecule has 2 fully saturated rings. The monoisotopic (exact) mass is 901 g/mol. The molecule has 2 saturated heterocycles. The number of hydrogen-bond donors (Lipinski definition) is 6. The molecule has 6 N–H and O–H groups in total. The molecule has 0 aromatic carbocycles. The zero-order chi connectivity index (χ0) is 46.7. The third kappa shape index (κ3) is 19.8. The molecule has 18 nitrogen and oxygen atoms in total. The van der Waals surface area contributed by atoms with Crippen molar-refractivity contribution in [1.29, 1.82) is 0 Å². The predicted octanol–water partition coefficient (Wildman–Crippen LogP) is 2.33. The molecule has 62 heavy (non-hydrogen) atoms. The second-order valence-corrected chi connectivity index (χ2v) is 18.5. The summed E-state index contributed by atoms with van der Waals surface area (Å²) in [6, 6.07) is -4.74.